The van der Waals surface area contributed by atoms with Gasteiger partial charge in [0, 0.05) is 12.5 Å². The highest BCUT2D eigenvalue weighted by molar-refractivity contribution is 5.86. The van der Waals surface area contributed by atoms with Crippen LogP contribution in [0.15, 0.2) is 12.2 Å². The molecule has 0 spiro atoms. The number of carbonyl (C=O) groups is 3. The zero-order valence-corrected chi connectivity index (χ0v) is 19.9. The van der Waals surface area contributed by atoms with E-state index in [0.29, 0.717) is 44.2 Å². The maximum atomic E-state index is 13.3. The van der Waals surface area contributed by atoms with Gasteiger partial charge in [-0.2, -0.15) is 0 Å². The molecule has 0 aliphatic carbocycles. The van der Waals surface area contributed by atoms with Gasteiger partial charge in [0.1, 0.15) is 6.04 Å². The molecule has 2 N–H and O–H groups in total. The second kappa shape index (κ2) is 14.9. The van der Waals surface area contributed by atoms with Crippen LogP contribution in [0.3, 0.4) is 0 Å². The van der Waals surface area contributed by atoms with Gasteiger partial charge in [-0.05, 0) is 62.7 Å². The molecule has 31 heavy (non-hydrogen) atoms. The normalized spacial score (nSPS) is 25.2. The summed E-state index contributed by atoms with van der Waals surface area (Å²) < 4.78 is 10.2. The molecule has 7 nitrogen and oxygen atoms in total. The highest BCUT2D eigenvalue weighted by Gasteiger charge is 2.31. The van der Waals surface area contributed by atoms with Crippen LogP contribution in [0.2, 0.25) is 0 Å². The van der Waals surface area contributed by atoms with Crippen molar-refractivity contribution in [2.75, 3.05) is 20.3 Å². The van der Waals surface area contributed by atoms with Crippen LogP contribution in [0.1, 0.15) is 72.6 Å². The van der Waals surface area contributed by atoms with Crippen molar-refractivity contribution in [2.45, 2.75) is 78.7 Å². The Balaban J connectivity index is 3.10. The first kappa shape index (κ1) is 27.0. The zero-order chi connectivity index (χ0) is 23.2. The molecule has 1 saturated heterocycles. The number of amides is 2. The first-order valence-electron chi connectivity index (χ1n) is 11.7. The summed E-state index contributed by atoms with van der Waals surface area (Å²) in [6, 6.07) is -0.679. The average molecular weight is 439 g/mol. The number of nitrogens with one attached hydrogen (secondary N) is 2. The molecule has 178 valence electrons. The van der Waals surface area contributed by atoms with Crippen molar-refractivity contribution in [1.29, 1.82) is 0 Å². The molecule has 0 aromatic rings. The van der Waals surface area contributed by atoms with Gasteiger partial charge in [-0.3, -0.25) is 4.79 Å². The van der Waals surface area contributed by atoms with Crippen molar-refractivity contribution in [3.8, 4) is 0 Å². The molecule has 0 unspecified atom stereocenters. The number of rotatable bonds is 5. The fraction of sp³-hybridized carbons (Fsp3) is 0.792. The van der Waals surface area contributed by atoms with Gasteiger partial charge >= 0.3 is 12.1 Å². The molecule has 0 aromatic carbocycles. The van der Waals surface area contributed by atoms with E-state index >= 15 is 0 Å². The van der Waals surface area contributed by atoms with Crippen LogP contribution in [0, 0.1) is 23.7 Å². The van der Waals surface area contributed by atoms with Crippen LogP contribution in [0.25, 0.3) is 0 Å². The zero-order valence-electron chi connectivity index (χ0n) is 19.9. The number of ether oxygens (including phenoxy) is 2. The highest BCUT2D eigenvalue weighted by Crippen LogP contribution is 2.28. The molecule has 0 aromatic heterocycles. The molecule has 0 saturated carbocycles. The summed E-state index contributed by atoms with van der Waals surface area (Å²) in [6.45, 7) is 9.29. The largest absolute Gasteiger partial charge is 0.467 e. The van der Waals surface area contributed by atoms with Gasteiger partial charge in [-0.15, -0.1) is 0 Å². The third-order valence-electron chi connectivity index (χ3n) is 5.48. The molecular weight excluding hydrogens is 396 g/mol. The van der Waals surface area contributed by atoms with E-state index in [9.17, 15) is 14.4 Å². The number of carbonyl (C=O) groups excluding carboxylic acids is 3. The van der Waals surface area contributed by atoms with Crippen molar-refractivity contribution < 1.29 is 23.9 Å². The Kier molecular flexibility index (Phi) is 12.9. The van der Waals surface area contributed by atoms with E-state index in [1.54, 1.807) is 0 Å². The van der Waals surface area contributed by atoms with Crippen molar-refractivity contribution in [3.63, 3.8) is 0 Å². The Morgan fingerprint density at radius 3 is 2.48 bits per heavy atom. The van der Waals surface area contributed by atoms with Crippen molar-refractivity contribution in [3.05, 3.63) is 12.2 Å². The molecular formula is C24H42N2O5. The van der Waals surface area contributed by atoms with Crippen LogP contribution in [0.4, 0.5) is 4.79 Å². The lowest BCUT2D eigenvalue weighted by molar-refractivity contribution is -0.146. The summed E-state index contributed by atoms with van der Waals surface area (Å²) in [4.78, 5) is 37.4. The molecule has 3 atom stereocenters. The van der Waals surface area contributed by atoms with Crippen molar-refractivity contribution in [2.24, 2.45) is 23.7 Å². The molecule has 1 aliphatic rings. The van der Waals surface area contributed by atoms with Crippen LogP contribution in [-0.2, 0) is 19.1 Å². The minimum absolute atomic E-state index is 0.0600. The number of esters is 1. The van der Waals surface area contributed by atoms with E-state index in [0.717, 1.165) is 25.7 Å². The summed E-state index contributed by atoms with van der Waals surface area (Å²) in [5.41, 5.74) is 0. The van der Waals surface area contributed by atoms with Gasteiger partial charge in [0.25, 0.3) is 0 Å². The Hall–Kier alpha value is -2.05. The van der Waals surface area contributed by atoms with Crippen LogP contribution >= 0.6 is 0 Å². The van der Waals surface area contributed by atoms with Crippen molar-refractivity contribution >= 4 is 18.0 Å². The Morgan fingerprint density at radius 1 is 1.13 bits per heavy atom. The SMILES string of the molecule is COC(=O)[C@@H]1CCCCNC(=O)OCCCC[C@H](/C=C/C(C)C)[C@@H](CC(C)C)C(=O)N1. The third kappa shape index (κ3) is 11.2. The second-order valence-electron chi connectivity index (χ2n) is 9.17. The van der Waals surface area contributed by atoms with E-state index < -0.39 is 18.1 Å². The van der Waals surface area contributed by atoms with Gasteiger partial charge in [0.2, 0.25) is 5.91 Å². The molecule has 0 radical (unpaired) electrons. The first-order valence-corrected chi connectivity index (χ1v) is 11.7. The molecule has 1 rings (SSSR count). The van der Waals surface area contributed by atoms with Gasteiger partial charge in [-0.25, -0.2) is 9.59 Å². The van der Waals surface area contributed by atoms with Gasteiger partial charge in [0.15, 0.2) is 0 Å². The fourth-order valence-electron chi connectivity index (χ4n) is 3.81. The maximum Gasteiger partial charge on any atom is 0.407 e. The van der Waals surface area contributed by atoms with E-state index in [2.05, 4.69) is 50.5 Å². The maximum absolute atomic E-state index is 13.3. The minimum Gasteiger partial charge on any atom is -0.467 e. The number of allylic oxidation sites excluding steroid dienone is 2. The highest BCUT2D eigenvalue weighted by atomic mass is 16.5. The summed E-state index contributed by atoms with van der Waals surface area (Å²) in [7, 11) is 1.34. The summed E-state index contributed by atoms with van der Waals surface area (Å²) in [5, 5.41) is 5.70. The lowest BCUT2D eigenvalue weighted by atomic mass is 9.81. The second-order valence-corrected chi connectivity index (χ2v) is 9.17. The predicted octanol–water partition coefficient (Wildman–Crippen LogP) is 4.22. The predicted molar refractivity (Wildman–Crippen MR) is 121 cm³/mol. The summed E-state index contributed by atoms with van der Waals surface area (Å²) in [6.07, 6.45) is 8.89. The molecule has 1 heterocycles. The van der Waals surface area contributed by atoms with E-state index in [1.807, 2.05) is 0 Å². The minimum atomic E-state index is -0.679. The average Bonchev–Trinajstić information content (AvgIpc) is 2.71. The van der Waals surface area contributed by atoms with Crippen LogP contribution < -0.4 is 10.6 Å². The molecule has 0 bridgehead atoms. The van der Waals surface area contributed by atoms with Crippen LogP contribution in [0.5, 0.6) is 0 Å². The lowest BCUT2D eigenvalue weighted by Crippen LogP contribution is -2.46. The molecule has 1 fully saturated rings. The topological polar surface area (TPSA) is 93.7 Å². The number of alkyl carbamates (subject to hydrolysis) is 1. The monoisotopic (exact) mass is 438 g/mol. The number of cyclic esters (lactones) is 1. The van der Waals surface area contributed by atoms with E-state index in [1.165, 1.54) is 7.11 Å². The van der Waals surface area contributed by atoms with Crippen molar-refractivity contribution in [1.82, 2.24) is 10.6 Å². The smallest absolute Gasteiger partial charge is 0.407 e. The summed E-state index contributed by atoms with van der Waals surface area (Å²) >= 11 is 0. The lowest BCUT2D eigenvalue weighted by Gasteiger charge is -2.28. The fourth-order valence-corrected chi connectivity index (χ4v) is 3.81. The summed E-state index contributed by atoms with van der Waals surface area (Å²) in [5.74, 6) is 0.0561. The molecule has 7 heteroatoms. The van der Waals surface area contributed by atoms with E-state index in [4.69, 9.17) is 9.47 Å². The van der Waals surface area contributed by atoms with E-state index in [-0.39, 0.29) is 17.7 Å². The Bertz CT molecular complexity index is 589. The molecule has 1 aliphatic heterocycles. The van der Waals surface area contributed by atoms with Gasteiger partial charge in [0.05, 0.1) is 13.7 Å². The standard InChI is InChI=1S/C24H42N2O5/c1-17(2)12-13-19-10-7-9-15-31-24(29)25-14-8-6-11-21(23(28)30-5)26-22(27)20(19)16-18(3)4/h12-13,17-21H,6-11,14-16H2,1-5H3,(H,25,29)(H,26,27)/b13-12+/t19-,20-,21+/m1/s1. The molecule has 2 amide bonds. The van der Waals surface area contributed by atoms with Gasteiger partial charge < -0.3 is 20.1 Å². The number of methoxy groups -OCH3 is 1. The quantitative estimate of drug-likeness (QED) is 0.495. The Labute approximate surface area is 187 Å². The Morgan fingerprint density at radius 2 is 1.84 bits per heavy atom. The van der Waals surface area contributed by atoms with Gasteiger partial charge in [-0.1, -0.05) is 39.8 Å². The third-order valence-corrected chi connectivity index (χ3v) is 5.48. The first-order chi connectivity index (χ1) is 14.7. The number of hydrogen-bond donors (Lipinski definition) is 2. The number of hydrogen-bond acceptors (Lipinski definition) is 5. The van der Waals surface area contributed by atoms with Crippen LogP contribution in [-0.4, -0.2) is 44.3 Å².